The number of nitrogens with zero attached hydrogens (tertiary/aromatic N) is 2. The van der Waals surface area contributed by atoms with Crippen LogP contribution in [0.25, 0.3) is 10.9 Å². The van der Waals surface area contributed by atoms with Crippen molar-refractivity contribution in [2.45, 2.75) is 6.92 Å². The van der Waals surface area contributed by atoms with Gasteiger partial charge in [-0.2, -0.15) is 0 Å². The van der Waals surface area contributed by atoms with Gasteiger partial charge in [0.15, 0.2) is 0 Å². The summed E-state index contributed by atoms with van der Waals surface area (Å²) in [5, 5.41) is 1.11. The Kier molecular flexibility index (Phi) is 2.59. The van der Waals surface area contributed by atoms with Crippen molar-refractivity contribution in [3.63, 3.8) is 0 Å². The molecule has 2 aromatic rings. The Labute approximate surface area is 89.0 Å². The molecule has 2 rings (SSSR count). The maximum Gasteiger partial charge on any atom is 0.0961 e. The Bertz CT molecular complexity index is 527. The van der Waals surface area contributed by atoms with Gasteiger partial charge in [-0.3, -0.25) is 9.98 Å². The first-order chi connectivity index (χ1) is 7.33. The number of fused-ring (bicyclic) bond motifs is 1. The fourth-order valence-corrected chi connectivity index (χ4v) is 1.52. The molecule has 0 radical (unpaired) electrons. The van der Waals surface area contributed by atoms with Gasteiger partial charge in [-0.25, -0.2) is 0 Å². The highest BCUT2D eigenvalue weighted by Gasteiger charge is 2.02. The molecule has 0 atom stereocenters. The van der Waals surface area contributed by atoms with E-state index >= 15 is 0 Å². The molecule has 1 heterocycles. The number of aryl methyl sites for hydroxylation is 1. The van der Waals surface area contributed by atoms with Gasteiger partial charge in [0.05, 0.1) is 11.2 Å². The van der Waals surface area contributed by atoms with Crippen LogP contribution >= 0.6 is 0 Å². The zero-order valence-electron chi connectivity index (χ0n) is 8.64. The Morgan fingerprint density at radius 1 is 1.33 bits per heavy atom. The van der Waals surface area contributed by atoms with Crippen LogP contribution in [0.5, 0.6) is 0 Å². The van der Waals surface area contributed by atoms with Crippen LogP contribution < -0.4 is 0 Å². The second kappa shape index (κ2) is 4.05. The zero-order valence-corrected chi connectivity index (χ0v) is 8.64. The molecule has 0 saturated carbocycles. The minimum atomic E-state index is 0.924. The Morgan fingerprint density at radius 2 is 2.20 bits per heavy atom. The quantitative estimate of drug-likeness (QED) is 0.675. The lowest BCUT2D eigenvalue weighted by molar-refractivity contribution is 1.36. The molecule has 0 bridgehead atoms. The summed E-state index contributed by atoms with van der Waals surface area (Å²) in [6.45, 7) is 5.65. The van der Waals surface area contributed by atoms with Gasteiger partial charge < -0.3 is 0 Å². The van der Waals surface area contributed by atoms with Crippen molar-refractivity contribution in [1.29, 1.82) is 0 Å². The summed E-state index contributed by atoms with van der Waals surface area (Å²) in [4.78, 5) is 8.69. The van der Waals surface area contributed by atoms with Crippen LogP contribution in [-0.4, -0.2) is 11.2 Å². The van der Waals surface area contributed by atoms with E-state index in [2.05, 4.69) is 28.7 Å². The molecule has 0 aliphatic rings. The molecule has 0 N–H and O–H groups in total. The van der Waals surface area contributed by atoms with Gasteiger partial charge in [0.2, 0.25) is 0 Å². The Balaban J connectivity index is 2.73. The monoisotopic (exact) mass is 196 g/mol. The van der Waals surface area contributed by atoms with E-state index in [4.69, 9.17) is 0 Å². The molecule has 0 amide bonds. The van der Waals surface area contributed by atoms with Crippen molar-refractivity contribution < 1.29 is 0 Å². The molecular weight excluding hydrogens is 184 g/mol. The van der Waals surface area contributed by atoms with Gasteiger partial charge >= 0.3 is 0 Å². The average molecular weight is 196 g/mol. The minimum Gasteiger partial charge on any atom is -0.254 e. The molecule has 0 aliphatic carbocycles. The van der Waals surface area contributed by atoms with Crippen LogP contribution in [0, 0.1) is 6.92 Å². The lowest BCUT2D eigenvalue weighted by Gasteiger charge is -2.03. The van der Waals surface area contributed by atoms with Crippen molar-refractivity contribution in [2.24, 2.45) is 4.99 Å². The van der Waals surface area contributed by atoms with Crippen molar-refractivity contribution >= 4 is 22.8 Å². The maximum atomic E-state index is 4.35. The van der Waals surface area contributed by atoms with Crippen LogP contribution in [-0.2, 0) is 0 Å². The van der Waals surface area contributed by atoms with Crippen LogP contribution in [0.1, 0.15) is 5.56 Å². The molecule has 1 aromatic carbocycles. The Hall–Kier alpha value is -1.96. The summed E-state index contributed by atoms with van der Waals surface area (Å²) in [6.07, 6.45) is 5.15. The van der Waals surface area contributed by atoms with Crippen molar-refractivity contribution in [1.82, 2.24) is 4.98 Å². The first-order valence-corrected chi connectivity index (χ1v) is 4.82. The molecule has 0 aliphatic heterocycles. The number of hydrogen-bond donors (Lipinski definition) is 0. The largest absolute Gasteiger partial charge is 0.254 e. The summed E-state index contributed by atoms with van der Waals surface area (Å²) < 4.78 is 0. The lowest BCUT2D eigenvalue weighted by Crippen LogP contribution is -1.82. The molecule has 2 nitrogen and oxygen atoms in total. The van der Waals surface area contributed by atoms with Crippen molar-refractivity contribution in [3.05, 3.63) is 48.7 Å². The SMILES string of the molecule is C=C/C=N\c1c(C)ccc2cccnc12. The number of pyridine rings is 1. The second-order valence-corrected chi connectivity index (χ2v) is 3.32. The summed E-state index contributed by atoms with van der Waals surface area (Å²) in [7, 11) is 0. The molecule has 0 saturated heterocycles. The maximum absolute atomic E-state index is 4.35. The summed E-state index contributed by atoms with van der Waals surface area (Å²) in [5.74, 6) is 0. The fourth-order valence-electron chi connectivity index (χ4n) is 1.52. The van der Waals surface area contributed by atoms with E-state index in [1.54, 1.807) is 18.5 Å². The number of allylic oxidation sites excluding steroid dienone is 1. The Morgan fingerprint density at radius 3 is 3.00 bits per heavy atom. The standard InChI is InChI=1S/C13H12N2/c1-3-8-14-12-10(2)6-7-11-5-4-9-15-13(11)12/h3-9H,1H2,2H3/b14-8-. The fraction of sp³-hybridized carbons (Fsp3) is 0.0769. The van der Waals surface area contributed by atoms with E-state index in [0.717, 1.165) is 22.2 Å². The molecule has 0 unspecified atom stereocenters. The average Bonchev–Trinajstić information content (AvgIpc) is 2.28. The smallest absolute Gasteiger partial charge is 0.0961 e. The molecule has 0 fully saturated rings. The van der Waals surface area contributed by atoms with Gasteiger partial charge in [0, 0.05) is 17.8 Å². The first kappa shape index (κ1) is 9.59. The van der Waals surface area contributed by atoms with Crippen molar-refractivity contribution in [3.8, 4) is 0 Å². The molecule has 15 heavy (non-hydrogen) atoms. The zero-order chi connectivity index (χ0) is 10.7. The number of aliphatic imine (C=N–C) groups is 1. The van der Waals surface area contributed by atoms with Crippen molar-refractivity contribution in [2.75, 3.05) is 0 Å². The normalized spacial score (nSPS) is 11.0. The highest BCUT2D eigenvalue weighted by molar-refractivity contribution is 5.92. The number of hydrogen-bond acceptors (Lipinski definition) is 2. The number of aromatic nitrogens is 1. The number of benzene rings is 1. The summed E-state index contributed by atoms with van der Waals surface area (Å²) in [6, 6.07) is 8.08. The predicted molar refractivity (Wildman–Crippen MR) is 64.8 cm³/mol. The lowest BCUT2D eigenvalue weighted by atomic mass is 10.1. The van der Waals surface area contributed by atoms with E-state index in [1.807, 2.05) is 19.1 Å². The first-order valence-electron chi connectivity index (χ1n) is 4.82. The van der Waals surface area contributed by atoms with Crippen LogP contribution in [0.15, 0.2) is 48.1 Å². The van der Waals surface area contributed by atoms with Crippen LogP contribution in [0.2, 0.25) is 0 Å². The van der Waals surface area contributed by atoms with Gasteiger partial charge in [0.1, 0.15) is 0 Å². The molecular formula is C13H12N2. The third-order valence-electron chi connectivity index (χ3n) is 2.26. The van der Waals surface area contributed by atoms with E-state index < -0.39 is 0 Å². The van der Waals surface area contributed by atoms with E-state index in [0.29, 0.717) is 0 Å². The van der Waals surface area contributed by atoms with Crippen LogP contribution in [0.4, 0.5) is 5.69 Å². The van der Waals surface area contributed by atoms with Gasteiger partial charge in [-0.05, 0) is 18.6 Å². The second-order valence-electron chi connectivity index (χ2n) is 3.32. The van der Waals surface area contributed by atoms with Gasteiger partial charge in [-0.15, -0.1) is 0 Å². The highest BCUT2D eigenvalue weighted by Crippen LogP contribution is 2.27. The van der Waals surface area contributed by atoms with Gasteiger partial charge in [-0.1, -0.05) is 30.9 Å². The molecule has 74 valence electrons. The summed E-state index contributed by atoms with van der Waals surface area (Å²) >= 11 is 0. The predicted octanol–water partition coefficient (Wildman–Crippen LogP) is 3.43. The minimum absolute atomic E-state index is 0.924. The molecule has 0 spiro atoms. The number of rotatable bonds is 2. The molecule has 2 heteroatoms. The third-order valence-corrected chi connectivity index (χ3v) is 2.26. The van der Waals surface area contributed by atoms with E-state index in [9.17, 15) is 0 Å². The third kappa shape index (κ3) is 1.79. The van der Waals surface area contributed by atoms with Crippen LogP contribution in [0.3, 0.4) is 0 Å². The highest BCUT2D eigenvalue weighted by atomic mass is 14.8. The van der Waals surface area contributed by atoms with Gasteiger partial charge in [0.25, 0.3) is 0 Å². The topological polar surface area (TPSA) is 25.2 Å². The molecule has 1 aromatic heterocycles. The summed E-state index contributed by atoms with van der Waals surface area (Å²) in [5.41, 5.74) is 2.99. The van der Waals surface area contributed by atoms with E-state index in [-0.39, 0.29) is 0 Å². The van der Waals surface area contributed by atoms with E-state index in [1.165, 1.54) is 0 Å².